The number of aliphatic hydroxyl groups is 1. The predicted octanol–water partition coefficient (Wildman–Crippen LogP) is 3.30. The van der Waals surface area contributed by atoms with Crippen LogP contribution in [0.2, 0.25) is 0 Å². The molecule has 5 heteroatoms. The Morgan fingerprint density at radius 3 is 2.23 bits per heavy atom. The highest BCUT2D eigenvalue weighted by molar-refractivity contribution is 6.58. The fraction of sp³-hybridized carbons (Fsp3) is 0.750. The van der Waals surface area contributed by atoms with E-state index in [1.807, 2.05) is 0 Å². The third-order valence-electron chi connectivity index (χ3n) is 0.960. The van der Waals surface area contributed by atoms with Crippen molar-refractivity contribution < 1.29 is 9.84 Å². The van der Waals surface area contributed by atoms with Crippen molar-refractivity contribution in [2.75, 3.05) is 19.8 Å². The fourth-order valence-corrected chi connectivity index (χ4v) is 0.413. The van der Waals surface area contributed by atoms with Gasteiger partial charge in [-0.2, -0.15) is 0 Å². The fourth-order valence-electron chi connectivity index (χ4n) is 0.413. The molecule has 0 aliphatic heterocycles. The summed E-state index contributed by atoms with van der Waals surface area (Å²) in [5.74, 6) is 0. The quantitative estimate of drug-likeness (QED) is 0.758. The number of rotatable bonds is 5. The SMILES string of the molecule is CCCCOCCO.ClC=C(Cl)Cl. The van der Waals surface area contributed by atoms with Crippen LogP contribution >= 0.6 is 34.8 Å². The maximum Gasteiger partial charge on any atom is 0.118 e. The second-order valence-corrected chi connectivity index (χ2v) is 3.31. The monoisotopic (exact) mass is 248 g/mol. The second kappa shape index (κ2) is 15.0. The van der Waals surface area contributed by atoms with Gasteiger partial charge in [0.25, 0.3) is 0 Å². The minimum Gasteiger partial charge on any atom is -0.394 e. The van der Waals surface area contributed by atoms with E-state index in [4.69, 9.17) is 44.6 Å². The van der Waals surface area contributed by atoms with Gasteiger partial charge in [-0.25, -0.2) is 0 Å². The summed E-state index contributed by atoms with van der Waals surface area (Å²) in [4.78, 5) is 0. The summed E-state index contributed by atoms with van der Waals surface area (Å²) >= 11 is 14.8. The van der Waals surface area contributed by atoms with Crippen molar-refractivity contribution in [3.63, 3.8) is 0 Å². The highest BCUT2D eigenvalue weighted by atomic mass is 35.5. The highest BCUT2D eigenvalue weighted by Crippen LogP contribution is 2.05. The average Bonchev–Trinajstić information content (AvgIpc) is 2.14. The topological polar surface area (TPSA) is 29.5 Å². The summed E-state index contributed by atoms with van der Waals surface area (Å²) in [6, 6.07) is 0. The van der Waals surface area contributed by atoms with Crippen molar-refractivity contribution in [2.45, 2.75) is 19.8 Å². The molecule has 0 aliphatic carbocycles. The molecule has 0 aromatic rings. The first-order valence-corrected chi connectivity index (χ1v) is 5.18. The Morgan fingerprint density at radius 2 is 1.92 bits per heavy atom. The predicted molar refractivity (Wildman–Crippen MR) is 58.5 cm³/mol. The van der Waals surface area contributed by atoms with Crippen LogP contribution in [0.5, 0.6) is 0 Å². The normalized spacial score (nSPS) is 8.69. The lowest BCUT2D eigenvalue weighted by atomic mass is 10.4. The molecule has 0 amide bonds. The van der Waals surface area contributed by atoms with Gasteiger partial charge in [-0.15, -0.1) is 0 Å². The molecule has 0 fully saturated rings. The van der Waals surface area contributed by atoms with E-state index in [0.29, 0.717) is 6.61 Å². The molecule has 0 spiro atoms. The Bertz CT molecular complexity index is 108. The Morgan fingerprint density at radius 1 is 1.38 bits per heavy atom. The number of halogens is 3. The minimum atomic E-state index is 0.0895. The maximum atomic E-state index is 8.24. The third-order valence-corrected chi connectivity index (χ3v) is 1.62. The van der Waals surface area contributed by atoms with Crippen LogP contribution in [0.3, 0.4) is 0 Å². The molecule has 0 saturated carbocycles. The lowest BCUT2D eigenvalue weighted by molar-refractivity contribution is 0.0904. The van der Waals surface area contributed by atoms with Crippen molar-refractivity contribution >= 4 is 34.8 Å². The second-order valence-electron chi connectivity index (χ2n) is 2.09. The molecule has 0 bridgehead atoms. The van der Waals surface area contributed by atoms with Crippen molar-refractivity contribution in [3.05, 3.63) is 10.0 Å². The van der Waals surface area contributed by atoms with Gasteiger partial charge in [0, 0.05) is 12.1 Å². The number of ether oxygens (including phenoxy) is 1. The van der Waals surface area contributed by atoms with E-state index in [9.17, 15) is 0 Å². The van der Waals surface area contributed by atoms with Gasteiger partial charge in [0.1, 0.15) is 4.49 Å². The van der Waals surface area contributed by atoms with E-state index >= 15 is 0 Å². The van der Waals surface area contributed by atoms with Crippen molar-refractivity contribution in [1.29, 1.82) is 0 Å². The van der Waals surface area contributed by atoms with Crippen LogP contribution in [0, 0.1) is 0 Å². The summed E-state index contributed by atoms with van der Waals surface area (Å²) in [5, 5.41) is 8.24. The first-order chi connectivity index (χ1) is 6.18. The van der Waals surface area contributed by atoms with Crippen molar-refractivity contribution in [2.24, 2.45) is 0 Å². The zero-order valence-corrected chi connectivity index (χ0v) is 9.87. The van der Waals surface area contributed by atoms with Gasteiger partial charge in [-0.05, 0) is 6.42 Å². The lowest BCUT2D eigenvalue weighted by Gasteiger charge is -1.97. The smallest absolute Gasteiger partial charge is 0.118 e. The van der Waals surface area contributed by atoms with Gasteiger partial charge < -0.3 is 9.84 Å². The molecule has 0 atom stereocenters. The molecular weight excluding hydrogens is 234 g/mol. The lowest BCUT2D eigenvalue weighted by Crippen LogP contribution is -1.99. The van der Waals surface area contributed by atoms with Crippen LogP contribution in [0.1, 0.15) is 19.8 Å². The minimum absolute atomic E-state index is 0.0895. The van der Waals surface area contributed by atoms with Crippen LogP contribution in [-0.2, 0) is 4.74 Å². The largest absolute Gasteiger partial charge is 0.394 e. The number of hydrogen-bond acceptors (Lipinski definition) is 2. The molecule has 0 rings (SSSR count). The van der Waals surface area contributed by atoms with Gasteiger partial charge in [0.15, 0.2) is 0 Å². The molecule has 1 N–H and O–H groups in total. The molecular formula is C8H15Cl3O2. The standard InChI is InChI=1S/C6H14O2.C2HCl3/c1-2-3-5-8-6-4-7;3-1-2(4)5/h7H,2-6H2,1H3;1H. The molecule has 0 saturated heterocycles. The van der Waals surface area contributed by atoms with E-state index in [2.05, 4.69) is 6.92 Å². The van der Waals surface area contributed by atoms with E-state index in [1.165, 1.54) is 0 Å². The molecule has 0 aliphatic rings. The Kier molecular flexibility index (Phi) is 18.5. The zero-order valence-electron chi connectivity index (χ0n) is 7.60. The van der Waals surface area contributed by atoms with Crippen LogP contribution in [0.4, 0.5) is 0 Å². The molecule has 80 valence electrons. The summed E-state index contributed by atoms with van der Waals surface area (Å²) in [7, 11) is 0. The van der Waals surface area contributed by atoms with E-state index in [1.54, 1.807) is 0 Å². The van der Waals surface area contributed by atoms with E-state index < -0.39 is 0 Å². The molecule has 0 heterocycles. The summed E-state index contributed by atoms with van der Waals surface area (Å²) in [5.41, 5.74) is 1.09. The number of aliphatic hydroxyl groups excluding tert-OH is 1. The van der Waals surface area contributed by atoms with E-state index in [0.717, 1.165) is 25.0 Å². The summed E-state index contributed by atoms with van der Waals surface area (Å²) in [6.07, 6.45) is 2.26. The van der Waals surface area contributed by atoms with Crippen LogP contribution in [0.15, 0.2) is 10.0 Å². The molecule has 0 aromatic heterocycles. The van der Waals surface area contributed by atoms with Gasteiger partial charge >= 0.3 is 0 Å². The van der Waals surface area contributed by atoms with Gasteiger partial charge in [0.2, 0.25) is 0 Å². The molecule has 13 heavy (non-hydrogen) atoms. The zero-order chi connectivity index (χ0) is 10.5. The third kappa shape index (κ3) is 24.5. The van der Waals surface area contributed by atoms with Gasteiger partial charge in [-0.3, -0.25) is 0 Å². The van der Waals surface area contributed by atoms with Crippen LogP contribution in [-0.4, -0.2) is 24.9 Å². The maximum absolute atomic E-state index is 8.24. The number of hydrogen-bond donors (Lipinski definition) is 1. The summed E-state index contributed by atoms with van der Waals surface area (Å²) < 4.78 is 5.06. The van der Waals surface area contributed by atoms with Crippen LogP contribution < -0.4 is 0 Å². The molecule has 0 radical (unpaired) electrons. The average molecular weight is 250 g/mol. The number of unbranched alkanes of at least 4 members (excludes halogenated alkanes) is 1. The molecule has 0 unspecified atom stereocenters. The Balaban J connectivity index is 0. The first kappa shape index (κ1) is 16.0. The van der Waals surface area contributed by atoms with E-state index in [-0.39, 0.29) is 11.1 Å². The Hall–Kier alpha value is 0.530. The Labute approximate surface area is 94.4 Å². The van der Waals surface area contributed by atoms with Crippen molar-refractivity contribution in [1.82, 2.24) is 0 Å². The van der Waals surface area contributed by atoms with Gasteiger partial charge in [0.05, 0.1) is 13.2 Å². The molecule has 2 nitrogen and oxygen atoms in total. The first-order valence-electron chi connectivity index (χ1n) is 3.99. The molecule has 0 aromatic carbocycles. The highest BCUT2D eigenvalue weighted by Gasteiger charge is 1.82. The van der Waals surface area contributed by atoms with Gasteiger partial charge in [-0.1, -0.05) is 48.1 Å². The van der Waals surface area contributed by atoms with Crippen molar-refractivity contribution in [3.8, 4) is 0 Å². The summed E-state index contributed by atoms with van der Waals surface area (Å²) in [6.45, 7) is 3.53. The van der Waals surface area contributed by atoms with Crippen LogP contribution in [0.25, 0.3) is 0 Å².